The summed E-state index contributed by atoms with van der Waals surface area (Å²) in [4.78, 5) is 15.1. The Kier molecular flexibility index (Phi) is 3.91. The van der Waals surface area contributed by atoms with Gasteiger partial charge in [0.1, 0.15) is 0 Å². The average molecular weight is 338 g/mol. The molecule has 0 bridgehead atoms. The average Bonchev–Trinajstić information content (AvgIpc) is 3.00. The molecule has 0 spiro atoms. The maximum absolute atomic E-state index is 12.6. The Balaban J connectivity index is 1.32. The SMILES string of the molecule is CC(C)(C)c1[nH]ncc1C(=O)NC1[C@H]2CN(Cc3ccccc3)C[C@@H]12. The molecule has 5 heteroatoms. The highest BCUT2D eigenvalue weighted by atomic mass is 16.1. The van der Waals surface area contributed by atoms with Crippen molar-refractivity contribution < 1.29 is 4.79 Å². The van der Waals surface area contributed by atoms with Crippen molar-refractivity contribution in [1.82, 2.24) is 20.4 Å². The predicted octanol–water partition coefficient (Wildman–Crippen LogP) is 2.57. The number of piperidine rings is 1. The van der Waals surface area contributed by atoms with Gasteiger partial charge >= 0.3 is 0 Å². The summed E-state index contributed by atoms with van der Waals surface area (Å²) in [7, 11) is 0. The Morgan fingerprint density at radius 3 is 2.56 bits per heavy atom. The standard InChI is InChI=1S/C20H26N4O/c1-20(2,3)18-14(9-21-23-18)19(25)22-17-15-11-24(12-16(15)17)10-13-7-5-4-6-8-13/h4-9,15-17H,10-12H2,1-3H3,(H,21,23)(H,22,25)/t15-,16+,17?. The van der Waals surface area contributed by atoms with E-state index in [-0.39, 0.29) is 11.3 Å². The Morgan fingerprint density at radius 2 is 1.92 bits per heavy atom. The van der Waals surface area contributed by atoms with Gasteiger partial charge in [0.2, 0.25) is 0 Å². The molecule has 1 saturated heterocycles. The van der Waals surface area contributed by atoms with E-state index in [0.717, 1.165) is 25.3 Å². The van der Waals surface area contributed by atoms with Crippen molar-refractivity contribution >= 4 is 5.91 Å². The summed E-state index contributed by atoms with van der Waals surface area (Å²) in [5, 5.41) is 10.3. The first-order chi connectivity index (χ1) is 11.9. The number of benzene rings is 1. The first kappa shape index (κ1) is 16.3. The topological polar surface area (TPSA) is 61.0 Å². The number of fused-ring (bicyclic) bond motifs is 1. The van der Waals surface area contributed by atoms with Gasteiger partial charge in [0.15, 0.2) is 0 Å². The Hall–Kier alpha value is -2.14. The van der Waals surface area contributed by atoms with Gasteiger partial charge in [-0.2, -0.15) is 5.10 Å². The van der Waals surface area contributed by atoms with E-state index in [1.54, 1.807) is 6.20 Å². The number of hydrogen-bond donors (Lipinski definition) is 2. The summed E-state index contributed by atoms with van der Waals surface area (Å²) < 4.78 is 0. The predicted molar refractivity (Wildman–Crippen MR) is 97.2 cm³/mol. The number of nitrogens with zero attached hydrogens (tertiary/aromatic N) is 2. The quantitative estimate of drug-likeness (QED) is 0.901. The van der Waals surface area contributed by atoms with Crippen LogP contribution in [0.3, 0.4) is 0 Å². The molecule has 2 heterocycles. The zero-order valence-corrected chi connectivity index (χ0v) is 15.1. The molecule has 1 aromatic heterocycles. The van der Waals surface area contributed by atoms with Gasteiger partial charge in [-0.05, 0) is 17.4 Å². The molecule has 2 aromatic rings. The van der Waals surface area contributed by atoms with Gasteiger partial charge in [0, 0.05) is 31.1 Å². The van der Waals surface area contributed by atoms with Crippen LogP contribution >= 0.6 is 0 Å². The van der Waals surface area contributed by atoms with Gasteiger partial charge in [0.25, 0.3) is 5.91 Å². The first-order valence-electron chi connectivity index (χ1n) is 9.04. The van der Waals surface area contributed by atoms with E-state index in [2.05, 4.69) is 71.5 Å². The number of carbonyl (C=O) groups is 1. The largest absolute Gasteiger partial charge is 0.349 e. The number of carbonyl (C=O) groups excluding carboxylic acids is 1. The molecule has 2 N–H and O–H groups in total. The van der Waals surface area contributed by atoms with E-state index in [4.69, 9.17) is 0 Å². The van der Waals surface area contributed by atoms with Crippen LogP contribution in [0.15, 0.2) is 36.5 Å². The van der Waals surface area contributed by atoms with E-state index >= 15 is 0 Å². The minimum atomic E-state index is -0.116. The molecule has 1 aromatic carbocycles. The lowest BCUT2D eigenvalue weighted by molar-refractivity contribution is 0.0940. The van der Waals surface area contributed by atoms with E-state index in [9.17, 15) is 4.79 Å². The summed E-state index contributed by atoms with van der Waals surface area (Å²) in [6.07, 6.45) is 1.65. The van der Waals surface area contributed by atoms with Crippen LogP contribution in [0.5, 0.6) is 0 Å². The molecule has 25 heavy (non-hydrogen) atoms. The molecule has 2 aliphatic rings. The number of rotatable bonds is 4. The molecule has 1 aliphatic carbocycles. The number of aromatic amines is 1. The summed E-state index contributed by atoms with van der Waals surface area (Å²) in [5.74, 6) is 1.20. The normalized spacial score (nSPS) is 25.6. The van der Waals surface area contributed by atoms with Crippen LogP contribution < -0.4 is 5.32 Å². The molecule has 2 fully saturated rings. The van der Waals surface area contributed by atoms with Crippen LogP contribution in [0.4, 0.5) is 0 Å². The smallest absolute Gasteiger partial charge is 0.255 e. The minimum Gasteiger partial charge on any atom is -0.349 e. The highest BCUT2D eigenvalue weighted by Gasteiger charge is 2.56. The van der Waals surface area contributed by atoms with Gasteiger partial charge in [0.05, 0.1) is 17.5 Å². The number of likely N-dealkylation sites (tertiary alicyclic amines) is 1. The Bertz CT molecular complexity index is 750. The molecule has 1 unspecified atom stereocenters. The van der Waals surface area contributed by atoms with Gasteiger partial charge in [-0.3, -0.25) is 14.8 Å². The third kappa shape index (κ3) is 3.21. The van der Waals surface area contributed by atoms with Crippen molar-refractivity contribution in [2.75, 3.05) is 13.1 Å². The highest BCUT2D eigenvalue weighted by molar-refractivity contribution is 5.95. The van der Waals surface area contributed by atoms with Crippen LogP contribution in [0.25, 0.3) is 0 Å². The number of nitrogens with one attached hydrogen (secondary N) is 2. The summed E-state index contributed by atoms with van der Waals surface area (Å²) in [6, 6.07) is 10.9. The number of H-pyrrole nitrogens is 1. The molecule has 0 radical (unpaired) electrons. The third-order valence-corrected chi connectivity index (χ3v) is 5.45. The van der Waals surface area contributed by atoms with Crippen molar-refractivity contribution in [3.63, 3.8) is 0 Å². The van der Waals surface area contributed by atoms with E-state index in [1.807, 2.05) is 0 Å². The Morgan fingerprint density at radius 1 is 1.24 bits per heavy atom. The van der Waals surface area contributed by atoms with Crippen LogP contribution in [-0.4, -0.2) is 40.1 Å². The third-order valence-electron chi connectivity index (χ3n) is 5.45. The van der Waals surface area contributed by atoms with Crippen molar-refractivity contribution in [2.45, 2.75) is 38.8 Å². The molecule has 3 atom stereocenters. The van der Waals surface area contributed by atoms with Crippen LogP contribution in [0, 0.1) is 11.8 Å². The lowest BCUT2D eigenvalue weighted by Gasteiger charge is -2.21. The summed E-state index contributed by atoms with van der Waals surface area (Å²) in [6.45, 7) is 9.41. The summed E-state index contributed by atoms with van der Waals surface area (Å²) >= 11 is 0. The van der Waals surface area contributed by atoms with Crippen LogP contribution in [-0.2, 0) is 12.0 Å². The molecule has 132 valence electrons. The van der Waals surface area contributed by atoms with Gasteiger partial charge in [-0.15, -0.1) is 0 Å². The molecule has 4 rings (SSSR count). The zero-order valence-electron chi connectivity index (χ0n) is 15.1. The molecule has 1 amide bonds. The first-order valence-corrected chi connectivity index (χ1v) is 9.04. The summed E-state index contributed by atoms with van der Waals surface area (Å²) in [5.41, 5.74) is 2.83. The maximum atomic E-state index is 12.6. The molecule has 5 nitrogen and oxygen atoms in total. The fourth-order valence-corrected chi connectivity index (χ4v) is 4.06. The second kappa shape index (κ2) is 5.99. The molecular formula is C20H26N4O. The molecular weight excluding hydrogens is 312 g/mol. The van der Waals surface area contributed by atoms with Gasteiger partial charge in [-0.1, -0.05) is 51.1 Å². The van der Waals surface area contributed by atoms with Gasteiger partial charge < -0.3 is 5.32 Å². The number of aromatic nitrogens is 2. The molecule has 1 saturated carbocycles. The van der Waals surface area contributed by atoms with Crippen molar-refractivity contribution in [2.24, 2.45) is 11.8 Å². The zero-order chi connectivity index (χ0) is 17.6. The number of amides is 1. The van der Waals surface area contributed by atoms with E-state index in [1.165, 1.54) is 5.56 Å². The van der Waals surface area contributed by atoms with Crippen molar-refractivity contribution in [1.29, 1.82) is 0 Å². The van der Waals surface area contributed by atoms with Gasteiger partial charge in [-0.25, -0.2) is 0 Å². The van der Waals surface area contributed by atoms with E-state index < -0.39 is 0 Å². The Labute approximate surface area is 148 Å². The maximum Gasteiger partial charge on any atom is 0.255 e. The minimum absolute atomic E-state index is 0.00712. The lowest BCUT2D eigenvalue weighted by atomic mass is 9.89. The molecule has 1 aliphatic heterocycles. The lowest BCUT2D eigenvalue weighted by Crippen LogP contribution is -2.35. The van der Waals surface area contributed by atoms with E-state index in [0.29, 0.717) is 23.4 Å². The second-order valence-corrected chi connectivity index (χ2v) is 8.42. The fraction of sp³-hybridized carbons (Fsp3) is 0.500. The number of hydrogen-bond acceptors (Lipinski definition) is 3. The van der Waals surface area contributed by atoms with Crippen LogP contribution in [0.2, 0.25) is 0 Å². The monoisotopic (exact) mass is 338 g/mol. The van der Waals surface area contributed by atoms with Crippen LogP contribution in [0.1, 0.15) is 42.4 Å². The highest BCUT2D eigenvalue weighted by Crippen LogP contribution is 2.46. The fourth-order valence-electron chi connectivity index (χ4n) is 4.06. The van der Waals surface area contributed by atoms with Crippen molar-refractivity contribution in [3.8, 4) is 0 Å². The second-order valence-electron chi connectivity index (χ2n) is 8.42. The van der Waals surface area contributed by atoms with Crippen molar-refractivity contribution in [3.05, 3.63) is 53.3 Å².